The number of ether oxygens (including phenoxy) is 1. The number of nitro groups is 1. The lowest BCUT2D eigenvalue weighted by Crippen LogP contribution is -2.03. The second-order valence-electron chi connectivity index (χ2n) is 5.10. The highest BCUT2D eigenvalue weighted by atomic mass is 79.9. The van der Waals surface area contributed by atoms with E-state index in [1.54, 1.807) is 24.3 Å². The molecule has 0 saturated carbocycles. The zero-order chi connectivity index (χ0) is 19.1. The van der Waals surface area contributed by atoms with Gasteiger partial charge in [0.15, 0.2) is 0 Å². The third kappa shape index (κ3) is 4.65. The number of ketones is 1. The van der Waals surface area contributed by atoms with Crippen LogP contribution in [0.2, 0.25) is 0 Å². The molecule has 0 radical (unpaired) electrons. The van der Waals surface area contributed by atoms with Crippen molar-refractivity contribution >= 4 is 33.5 Å². The molecule has 130 valence electrons. The maximum Gasteiger partial charge on any atom is 0.270 e. The van der Waals surface area contributed by atoms with Crippen molar-refractivity contribution in [1.82, 2.24) is 0 Å². The first-order chi connectivity index (χ1) is 12.5. The molecule has 2 rings (SSSR count). The van der Waals surface area contributed by atoms with Crippen molar-refractivity contribution in [1.29, 1.82) is 5.26 Å². The van der Waals surface area contributed by atoms with Gasteiger partial charge in [-0.2, -0.15) is 5.26 Å². The van der Waals surface area contributed by atoms with Crippen LogP contribution in [0.25, 0.3) is 6.08 Å². The number of non-ortho nitro benzene ring substituents is 1. The molecule has 0 atom stereocenters. The second-order valence-corrected chi connectivity index (χ2v) is 5.95. The summed E-state index contributed by atoms with van der Waals surface area (Å²) in [4.78, 5) is 22.7. The summed E-state index contributed by atoms with van der Waals surface area (Å²) in [5.41, 5.74) is 0.354. The fourth-order valence-electron chi connectivity index (χ4n) is 2.10. The monoisotopic (exact) mass is 412 g/mol. The van der Waals surface area contributed by atoms with E-state index in [2.05, 4.69) is 22.5 Å². The third-order valence-corrected chi connectivity index (χ3v) is 3.93. The van der Waals surface area contributed by atoms with Gasteiger partial charge in [-0.15, -0.1) is 0 Å². The number of benzene rings is 2. The van der Waals surface area contributed by atoms with Crippen LogP contribution in [-0.2, 0) is 0 Å². The standard InChI is InChI=1S/C19H13BrN2O4/c1-2-8-26-18-7-6-13(10-17(18)20)9-15(12-21)19(23)14-4-3-5-16(11-14)22(24)25/h2-7,9-11H,1,8H2/b15-9+. The summed E-state index contributed by atoms with van der Waals surface area (Å²) in [7, 11) is 0. The fraction of sp³-hybridized carbons (Fsp3) is 0.0526. The zero-order valence-electron chi connectivity index (χ0n) is 13.5. The Morgan fingerprint density at radius 1 is 1.35 bits per heavy atom. The van der Waals surface area contributed by atoms with Crippen LogP contribution in [0.5, 0.6) is 5.75 Å². The maximum atomic E-state index is 12.5. The number of rotatable bonds is 7. The van der Waals surface area contributed by atoms with Crippen LogP contribution >= 0.6 is 15.9 Å². The highest BCUT2D eigenvalue weighted by Gasteiger charge is 2.16. The first-order valence-electron chi connectivity index (χ1n) is 7.40. The molecule has 2 aromatic rings. The average Bonchev–Trinajstić information content (AvgIpc) is 2.65. The third-order valence-electron chi connectivity index (χ3n) is 3.31. The summed E-state index contributed by atoms with van der Waals surface area (Å²) in [5, 5.41) is 20.2. The Morgan fingerprint density at radius 3 is 2.73 bits per heavy atom. The molecule has 0 saturated heterocycles. The molecule has 6 nitrogen and oxygen atoms in total. The molecular weight excluding hydrogens is 400 g/mol. The predicted octanol–water partition coefficient (Wildman–Crippen LogP) is 4.71. The summed E-state index contributed by atoms with van der Waals surface area (Å²) in [6.07, 6.45) is 3.04. The Hall–Kier alpha value is -3.24. The van der Waals surface area contributed by atoms with Gasteiger partial charge in [0.1, 0.15) is 24.0 Å². The van der Waals surface area contributed by atoms with Gasteiger partial charge in [-0.3, -0.25) is 14.9 Å². The molecule has 2 aromatic carbocycles. The minimum Gasteiger partial charge on any atom is -0.488 e. The molecule has 0 fully saturated rings. The number of Topliss-reactive ketones (excluding diaryl/α,β-unsaturated/α-hetero) is 1. The van der Waals surface area contributed by atoms with Gasteiger partial charge in [0.2, 0.25) is 5.78 Å². The van der Waals surface area contributed by atoms with Gasteiger partial charge in [0.05, 0.1) is 9.40 Å². The smallest absolute Gasteiger partial charge is 0.270 e. The van der Waals surface area contributed by atoms with Crippen LogP contribution in [0.3, 0.4) is 0 Å². The molecule has 0 heterocycles. The number of halogens is 1. The summed E-state index contributed by atoms with van der Waals surface area (Å²) < 4.78 is 6.10. The minimum atomic E-state index is -0.592. The molecule has 0 aromatic heterocycles. The van der Waals surface area contributed by atoms with E-state index >= 15 is 0 Å². The summed E-state index contributed by atoms with van der Waals surface area (Å²) in [6, 6.07) is 12.2. The summed E-state index contributed by atoms with van der Waals surface area (Å²) >= 11 is 3.37. The zero-order valence-corrected chi connectivity index (χ0v) is 15.1. The van der Waals surface area contributed by atoms with Crippen molar-refractivity contribution in [3.8, 4) is 11.8 Å². The fourth-order valence-corrected chi connectivity index (χ4v) is 2.62. The van der Waals surface area contributed by atoms with Crippen LogP contribution in [0.4, 0.5) is 5.69 Å². The van der Waals surface area contributed by atoms with E-state index in [4.69, 9.17) is 4.74 Å². The lowest BCUT2D eigenvalue weighted by atomic mass is 10.0. The Kier molecular flexibility index (Phi) is 6.42. The molecule has 0 bridgehead atoms. The van der Waals surface area contributed by atoms with E-state index in [1.807, 2.05) is 6.07 Å². The SMILES string of the molecule is C=CCOc1ccc(/C=C(\C#N)C(=O)c2cccc([N+](=O)[O-])c2)cc1Br. The number of hydrogen-bond acceptors (Lipinski definition) is 5. The van der Waals surface area contributed by atoms with Crippen LogP contribution in [0.15, 0.2) is 65.2 Å². The van der Waals surface area contributed by atoms with E-state index in [0.717, 1.165) is 6.07 Å². The van der Waals surface area contributed by atoms with Crippen LogP contribution in [-0.4, -0.2) is 17.3 Å². The normalized spacial score (nSPS) is 10.7. The Balaban J connectivity index is 2.33. The Bertz CT molecular complexity index is 945. The van der Waals surface area contributed by atoms with Crippen LogP contribution in [0, 0.1) is 21.4 Å². The molecule has 7 heteroatoms. The topological polar surface area (TPSA) is 93.2 Å². The maximum absolute atomic E-state index is 12.5. The number of nitro benzene ring substituents is 1. The van der Waals surface area contributed by atoms with Crippen molar-refractivity contribution in [2.45, 2.75) is 0 Å². The number of hydrogen-bond donors (Lipinski definition) is 0. The number of nitriles is 1. The Labute approximate surface area is 158 Å². The molecule has 26 heavy (non-hydrogen) atoms. The minimum absolute atomic E-state index is 0.0806. The summed E-state index contributed by atoms with van der Waals surface area (Å²) in [5.74, 6) is 0.0184. The van der Waals surface area contributed by atoms with Crippen molar-refractivity contribution in [2.24, 2.45) is 0 Å². The van der Waals surface area contributed by atoms with E-state index in [-0.39, 0.29) is 16.8 Å². The van der Waals surface area contributed by atoms with Gasteiger partial charge in [-0.25, -0.2) is 0 Å². The molecular formula is C19H13BrN2O4. The lowest BCUT2D eigenvalue weighted by Gasteiger charge is -2.07. The van der Waals surface area contributed by atoms with Crippen molar-refractivity contribution in [3.63, 3.8) is 0 Å². The predicted molar refractivity (Wildman–Crippen MR) is 101 cm³/mol. The van der Waals surface area contributed by atoms with Crippen molar-refractivity contribution in [2.75, 3.05) is 6.61 Å². The number of allylic oxidation sites excluding steroid dienone is 1. The highest BCUT2D eigenvalue weighted by Crippen LogP contribution is 2.27. The van der Waals surface area contributed by atoms with Crippen LogP contribution in [0.1, 0.15) is 15.9 Å². The molecule has 0 aliphatic rings. The Morgan fingerprint density at radius 2 is 2.12 bits per heavy atom. The summed E-state index contributed by atoms with van der Waals surface area (Å²) in [6.45, 7) is 3.92. The quantitative estimate of drug-likeness (QED) is 0.164. The largest absolute Gasteiger partial charge is 0.488 e. The second kappa shape index (κ2) is 8.74. The van der Waals surface area contributed by atoms with Crippen LogP contribution < -0.4 is 4.74 Å². The molecule has 0 spiro atoms. The first kappa shape index (κ1) is 19.1. The number of carbonyl (C=O) groups excluding carboxylic acids is 1. The van der Waals surface area contributed by atoms with Crippen molar-refractivity contribution < 1.29 is 14.5 Å². The van der Waals surface area contributed by atoms with Crippen molar-refractivity contribution in [3.05, 3.63) is 86.4 Å². The lowest BCUT2D eigenvalue weighted by molar-refractivity contribution is -0.384. The average molecular weight is 413 g/mol. The molecule has 0 N–H and O–H groups in total. The molecule has 0 aliphatic carbocycles. The van der Waals surface area contributed by atoms with Gasteiger partial charge in [0, 0.05) is 17.7 Å². The van der Waals surface area contributed by atoms with Gasteiger partial charge >= 0.3 is 0 Å². The number of carbonyl (C=O) groups is 1. The molecule has 0 amide bonds. The van der Waals surface area contributed by atoms with Gasteiger partial charge in [-0.1, -0.05) is 30.9 Å². The molecule has 0 unspecified atom stereocenters. The van der Waals surface area contributed by atoms with E-state index in [1.165, 1.54) is 24.3 Å². The van der Waals surface area contributed by atoms with E-state index < -0.39 is 10.7 Å². The van der Waals surface area contributed by atoms with E-state index in [0.29, 0.717) is 22.4 Å². The van der Waals surface area contributed by atoms with Gasteiger partial charge < -0.3 is 4.74 Å². The van der Waals surface area contributed by atoms with E-state index in [9.17, 15) is 20.2 Å². The first-order valence-corrected chi connectivity index (χ1v) is 8.19. The number of nitrogens with zero attached hydrogens (tertiary/aromatic N) is 2. The van der Waals surface area contributed by atoms with Gasteiger partial charge in [0.25, 0.3) is 5.69 Å². The highest BCUT2D eigenvalue weighted by molar-refractivity contribution is 9.10. The molecule has 0 aliphatic heterocycles. The van der Waals surface area contributed by atoms with Gasteiger partial charge in [-0.05, 0) is 39.7 Å².